The lowest BCUT2D eigenvalue weighted by Gasteiger charge is -2.31. The van der Waals surface area contributed by atoms with E-state index in [1.807, 2.05) is 36.4 Å². The third kappa shape index (κ3) is 10.4. The van der Waals surface area contributed by atoms with Gasteiger partial charge in [-0.15, -0.1) is 0 Å². The van der Waals surface area contributed by atoms with E-state index >= 15 is 0 Å². The molecule has 5 atom stereocenters. The van der Waals surface area contributed by atoms with Crippen molar-refractivity contribution in [3.8, 4) is 11.5 Å². The SMILES string of the molecule is COCOc1cc(OC)cc(/C=C/C[C@@H]2OC(C)(C)O[C@@H]2C(O)[C@H](Cc2ccccc2)[C@H](C)O)c1C(=O)OCC[Si](C)(C)C. The Hall–Kier alpha value is -2.73. The summed E-state index contributed by atoms with van der Waals surface area (Å²) >= 11 is 0. The topological polar surface area (TPSA) is 113 Å². The Kier molecular flexibility index (Phi) is 13.0. The number of aliphatic hydroxyl groups is 2. The number of esters is 1. The monoisotopic (exact) mass is 630 g/mol. The van der Waals surface area contributed by atoms with Gasteiger partial charge in [0, 0.05) is 27.2 Å². The van der Waals surface area contributed by atoms with Crippen LogP contribution in [0.1, 0.15) is 48.7 Å². The number of ether oxygens (including phenoxy) is 6. The number of carbonyl (C=O) groups excluding carboxylic acids is 1. The van der Waals surface area contributed by atoms with Crippen LogP contribution in [0.4, 0.5) is 0 Å². The molecular weight excluding hydrogens is 580 g/mol. The zero-order valence-electron chi connectivity index (χ0n) is 27.4. The van der Waals surface area contributed by atoms with Gasteiger partial charge in [0.2, 0.25) is 0 Å². The van der Waals surface area contributed by atoms with Gasteiger partial charge in [0.1, 0.15) is 23.2 Å². The standard InChI is InChI=1S/C34H50O9Si/c1-23(35)27(19-24-13-10-9-11-14-24)31(36)32-28(42-34(2,3)43-32)16-12-15-25-20-26(39-5)21-29(41-22-38-4)30(25)33(37)40-17-18-44(6,7)8/h9-15,20-21,23,27-28,31-32,35-36H,16-19,22H2,1-8H3/b15-12+/t23-,27+,28-,31?,32-/m0/s1. The summed E-state index contributed by atoms with van der Waals surface area (Å²) in [6.07, 6.45) is 1.58. The lowest BCUT2D eigenvalue weighted by molar-refractivity contribution is -0.161. The summed E-state index contributed by atoms with van der Waals surface area (Å²) in [7, 11) is 1.63. The molecule has 0 spiro atoms. The first kappa shape index (κ1) is 35.7. The van der Waals surface area contributed by atoms with E-state index in [0.717, 1.165) is 11.6 Å². The molecule has 0 amide bonds. The van der Waals surface area contributed by atoms with Gasteiger partial charge in [0.25, 0.3) is 0 Å². The number of hydrogen-bond donors (Lipinski definition) is 2. The van der Waals surface area contributed by atoms with Crippen LogP contribution in [0.25, 0.3) is 6.08 Å². The fourth-order valence-electron chi connectivity index (χ4n) is 5.21. The number of methoxy groups -OCH3 is 2. The minimum Gasteiger partial charge on any atom is -0.497 e. The lowest BCUT2D eigenvalue weighted by Crippen LogP contribution is -2.44. The number of rotatable bonds is 16. The predicted octanol–water partition coefficient (Wildman–Crippen LogP) is 5.70. The Morgan fingerprint density at radius 2 is 1.80 bits per heavy atom. The summed E-state index contributed by atoms with van der Waals surface area (Å²) < 4.78 is 34.4. The molecule has 44 heavy (non-hydrogen) atoms. The minimum atomic E-state index is -1.41. The Labute approximate surface area is 263 Å². The van der Waals surface area contributed by atoms with E-state index in [9.17, 15) is 15.0 Å². The second-order valence-electron chi connectivity index (χ2n) is 12.9. The van der Waals surface area contributed by atoms with Crippen LogP contribution >= 0.6 is 0 Å². The van der Waals surface area contributed by atoms with E-state index in [0.29, 0.717) is 36.5 Å². The van der Waals surface area contributed by atoms with Gasteiger partial charge in [0.15, 0.2) is 12.6 Å². The average molecular weight is 631 g/mol. The Balaban J connectivity index is 1.87. The quantitative estimate of drug-likeness (QED) is 0.137. The predicted molar refractivity (Wildman–Crippen MR) is 173 cm³/mol. The smallest absolute Gasteiger partial charge is 0.342 e. The molecule has 1 aliphatic rings. The zero-order chi connectivity index (χ0) is 32.5. The summed E-state index contributed by atoms with van der Waals surface area (Å²) in [6.45, 7) is 12.2. The van der Waals surface area contributed by atoms with Crippen molar-refractivity contribution in [2.75, 3.05) is 27.6 Å². The molecule has 2 aromatic carbocycles. The largest absolute Gasteiger partial charge is 0.497 e. The van der Waals surface area contributed by atoms with Crippen molar-refractivity contribution < 1.29 is 43.4 Å². The first-order valence-electron chi connectivity index (χ1n) is 15.2. The van der Waals surface area contributed by atoms with Gasteiger partial charge in [-0.3, -0.25) is 0 Å². The van der Waals surface area contributed by atoms with Gasteiger partial charge in [-0.25, -0.2) is 4.79 Å². The fraction of sp³-hybridized carbons (Fsp3) is 0.559. The molecule has 9 nitrogen and oxygen atoms in total. The van der Waals surface area contributed by atoms with Crippen molar-refractivity contribution in [1.82, 2.24) is 0 Å². The summed E-state index contributed by atoms with van der Waals surface area (Å²) in [4.78, 5) is 13.4. The van der Waals surface area contributed by atoms with Crippen LogP contribution in [-0.4, -0.2) is 82.1 Å². The van der Waals surface area contributed by atoms with Crippen molar-refractivity contribution in [2.45, 2.75) is 89.5 Å². The second-order valence-corrected chi connectivity index (χ2v) is 18.6. The molecule has 0 radical (unpaired) electrons. The van der Waals surface area contributed by atoms with Gasteiger partial charge in [0.05, 0.1) is 32.0 Å². The molecule has 1 fully saturated rings. The zero-order valence-corrected chi connectivity index (χ0v) is 28.4. The second kappa shape index (κ2) is 16.0. The highest BCUT2D eigenvalue weighted by molar-refractivity contribution is 6.76. The average Bonchev–Trinajstić information content (AvgIpc) is 3.27. The van der Waals surface area contributed by atoms with Crippen LogP contribution in [0.2, 0.25) is 25.7 Å². The number of aliphatic hydroxyl groups excluding tert-OH is 2. The van der Waals surface area contributed by atoms with Crippen LogP contribution in [0.3, 0.4) is 0 Å². The highest BCUT2D eigenvalue weighted by atomic mass is 28.3. The molecule has 0 saturated carbocycles. The third-order valence-corrected chi connectivity index (χ3v) is 9.26. The normalized spacial score (nSPS) is 20.3. The van der Waals surface area contributed by atoms with E-state index in [2.05, 4.69) is 19.6 Å². The van der Waals surface area contributed by atoms with Crippen LogP contribution in [0.5, 0.6) is 11.5 Å². The van der Waals surface area contributed by atoms with E-state index in [1.165, 1.54) is 7.11 Å². The van der Waals surface area contributed by atoms with E-state index < -0.39 is 50.2 Å². The summed E-state index contributed by atoms with van der Waals surface area (Å²) in [5.74, 6) is -1.10. The maximum atomic E-state index is 13.4. The van der Waals surface area contributed by atoms with Gasteiger partial charge in [-0.05, 0) is 56.9 Å². The number of benzene rings is 2. The molecule has 244 valence electrons. The molecule has 0 aromatic heterocycles. The fourth-order valence-corrected chi connectivity index (χ4v) is 5.92. The Bertz CT molecular complexity index is 1220. The van der Waals surface area contributed by atoms with Crippen molar-refractivity contribution >= 4 is 20.1 Å². The molecule has 3 rings (SSSR count). The molecule has 1 aliphatic heterocycles. The van der Waals surface area contributed by atoms with E-state index in [-0.39, 0.29) is 12.4 Å². The highest BCUT2D eigenvalue weighted by Gasteiger charge is 2.47. The van der Waals surface area contributed by atoms with Crippen LogP contribution in [0.15, 0.2) is 48.5 Å². The molecule has 0 bridgehead atoms. The molecule has 2 N–H and O–H groups in total. The van der Waals surface area contributed by atoms with Crippen LogP contribution < -0.4 is 9.47 Å². The molecular formula is C34H50O9Si. The maximum absolute atomic E-state index is 13.4. The van der Waals surface area contributed by atoms with Crippen molar-refractivity contribution in [1.29, 1.82) is 0 Å². The molecule has 1 unspecified atom stereocenters. The molecule has 2 aromatic rings. The van der Waals surface area contributed by atoms with Gasteiger partial charge in [-0.1, -0.05) is 62.1 Å². The molecule has 1 saturated heterocycles. The first-order valence-corrected chi connectivity index (χ1v) is 18.9. The lowest BCUT2D eigenvalue weighted by atomic mass is 9.85. The minimum absolute atomic E-state index is 0.0547. The van der Waals surface area contributed by atoms with Crippen LogP contribution in [-0.2, 0) is 25.4 Å². The summed E-state index contributed by atoms with van der Waals surface area (Å²) in [6, 6.07) is 14.0. The molecule has 1 heterocycles. The van der Waals surface area contributed by atoms with Crippen molar-refractivity contribution in [3.63, 3.8) is 0 Å². The summed E-state index contributed by atoms with van der Waals surface area (Å²) in [5, 5.41) is 22.1. The Morgan fingerprint density at radius 1 is 1.09 bits per heavy atom. The molecule has 0 aliphatic carbocycles. The Morgan fingerprint density at radius 3 is 2.41 bits per heavy atom. The van der Waals surface area contributed by atoms with Crippen LogP contribution in [0, 0.1) is 5.92 Å². The van der Waals surface area contributed by atoms with E-state index in [4.69, 9.17) is 28.4 Å². The molecule has 10 heteroatoms. The third-order valence-electron chi connectivity index (χ3n) is 7.56. The summed E-state index contributed by atoms with van der Waals surface area (Å²) in [5.41, 5.74) is 1.84. The van der Waals surface area contributed by atoms with Gasteiger partial charge in [-0.2, -0.15) is 0 Å². The number of hydrogen-bond acceptors (Lipinski definition) is 9. The highest BCUT2D eigenvalue weighted by Crippen LogP contribution is 2.36. The number of carbonyl (C=O) groups is 1. The van der Waals surface area contributed by atoms with Crippen molar-refractivity contribution in [3.05, 3.63) is 65.2 Å². The maximum Gasteiger partial charge on any atom is 0.342 e. The first-order chi connectivity index (χ1) is 20.7. The van der Waals surface area contributed by atoms with Crippen molar-refractivity contribution in [2.24, 2.45) is 5.92 Å². The van der Waals surface area contributed by atoms with E-state index in [1.54, 1.807) is 46.1 Å². The van der Waals surface area contributed by atoms with Gasteiger partial charge < -0.3 is 38.6 Å². The van der Waals surface area contributed by atoms with Gasteiger partial charge >= 0.3 is 5.97 Å².